The molecule has 2 amide bonds. The highest BCUT2D eigenvalue weighted by Crippen LogP contribution is 2.31. The third kappa shape index (κ3) is 5.30. The molecule has 34 heavy (non-hydrogen) atoms. The fourth-order valence-corrected chi connectivity index (χ4v) is 4.32. The zero-order chi connectivity index (χ0) is 24.1. The van der Waals surface area contributed by atoms with Gasteiger partial charge in [0, 0.05) is 48.7 Å². The molecule has 0 saturated carbocycles. The maximum absolute atomic E-state index is 12.8. The molecule has 1 N–H and O–H groups in total. The predicted molar refractivity (Wildman–Crippen MR) is 137 cm³/mol. The van der Waals surface area contributed by atoms with Gasteiger partial charge in [-0.25, -0.2) is 14.8 Å². The second-order valence-electron chi connectivity index (χ2n) is 8.75. The lowest BCUT2D eigenvalue weighted by Crippen LogP contribution is -2.50. The van der Waals surface area contributed by atoms with Gasteiger partial charge in [0.05, 0.1) is 6.61 Å². The van der Waals surface area contributed by atoms with Crippen LogP contribution in [0.5, 0.6) is 5.75 Å². The standard InChI is InChI=1S/C27H33N5O2/c1-5-34-23-13-11-22(12-14-23)29-27(33)32-17-15-31(16-18-32)26-24(19(2)3)20(4)28-25(30-26)21-9-7-6-8-10-21/h6-14,19H,5,15-18H2,1-4H3,(H,29,33). The summed E-state index contributed by atoms with van der Waals surface area (Å²) >= 11 is 0. The molecule has 0 spiro atoms. The first kappa shape index (κ1) is 23.5. The van der Waals surface area contributed by atoms with Crippen molar-refractivity contribution < 1.29 is 9.53 Å². The average Bonchev–Trinajstić information content (AvgIpc) is 2.85. The normalized spacial score (nSPS) is 13.8. The van der Waals surface area contributed by atoms with Crippen LogP contribution in [0.25, 0.3) is 11.4 Å². The van der Waals surface area contributed by atoms with Gasteiger partial charge in [0.1, 0.15) is 11.6 Å². The summed E-state index contributed by atoms with van der Waals surface area (Å²) in [6.07, 6.45) is 0. The number of aromatic nitrogens is 2. The van der Waals surface area contributed by atoms with E-state index in [1.165, 1.54) is 5.56 Å². The lowest BCUT2D eigenvalue weighted by atomic mass is 10.0. The molecule has 0 unspecified atom stereocenters. The minimum absolute atomic E-state index is 0.0864. The number of hydrogen-bond acceptors (Lipinski definition) is 5. The van der Waals surface area contributed by atoms with Crippen LogP contribution in [-0.4, -0.2) is 53.7 Å². The highest BCUT2D eigenvalue weighted by atomic mass is 16.5. The van der Waals surface area contributed by atoms with Gasteiger partial charge in [0.2, 0.25) is 0 Å². The smallest absolute Gasteiger partial charge is 0.321 e. The van der Waals surface area contributed by atoms with Crippen molar-refractivity contribution in [2.75, 3.05) is 43.0 Å². The molecule has 0 aliphatic carbocycles. The Kier molecular flexibility index (Phi) is 7.30. The number of carbonyl (C=O) groups excluding carboxylic acids is 1. The maximum Gasteiger partial charge on any atom is 0.321 e. The van der Waals surface area contributed by atoms with E-state index in [4.69, 9.17) is 14.7 Å². The summed E-state index contributed by atoms with van der Waals surface area (Å²) in [5.41, 5.74) is 3.95. The Balaban J connectivity index is 1.46. The van der Waals surface area contributed by atoms with Crippen molar-refractivity contribution in [3.05, 3.63) is 65.9 Å². The van der Waals surface area contributed by atoms with Crippen LogP contribution in [0.2, 0.25) is 0 Å². The summed E-state index contributed by atoms with van der Waals surface area (Å²) in [6.45, 7) is 11.7. The van der Waals surface area contributed by atoms with Crippen LogP contribution >= 0.6 is 0 Å². The van der Waals surface area contributed by atoms with Gasteiger partial charge in [-0.2, -0.15) is 0 Å². The Hall–Kier alpha value is -3.61. The number of urea groups is 1. The van der Waals surface area contributed by atoms with Crippen molar-refractivity contribution >= 4 is 17.5 Å². The summed E-state index contributed by atoms with van der Waals surface area (Å²) in [7, 11) is 0. The maximum atomic E-state index is 12.8. The number of anilines is 2. The van der Waals surface area contributed by atoms with E-state index >= 15 is 0 Å². The second-order valence-corrected chi connectivity index (χ2v) is 8.75. The molecule has 0 radical (unpaired) electrons. The van der Waals surface area contributed by atoms with Crippen LogP contribution in [0, 0.1) is 6.92 Å². The fourth-order valence-electron chi connectivity index (χ4n) is 4.32. The molecule has 1 aliphatic rings. The Morgan fingerprint density at radius 3 is 2.29 bits per heavy atom. The average molecular weight is 460 g/mol. The topological polar surface area (TPSA) is 70.6 Å². The third-order valence-corrected chi connectivity index (χ3v) is 6.01. The van der Waals surface area contributed by atoms with Crippen LogP contribution < -0.4 is 15.0 Å². The summed E-state index contributed by atoms with van der Waals surface area (Å²) < 4.78 is 5.47. The lowest BCUT2D eigenvalue weighted by molar-refractivity contribution is 0.208. The minimum Gasteiger partial charge on any atom is -0.494 e. The lowest BCUT2D eigenvalue weighted by Gasteiger charge is -2.37. The molecular weight excluding hydrogens is 426 g/mol. The summed E-state index contributed by atoms with van der Waals surface area (Å²) in [6, 6.07) is 17.5. The molecule has 2 heterocycles. The predicted octanol–water partition coefficient (Wildman–Crippen LogP) is 5.33. The van der Waals surface area contributed by atoms with Crippen LogP contribution in [-0.2, 0) is 0 Å². The zero-order valence-electron chi connectivity index (χ0n) is 20.4. The van der Waals surface area contributed by atoms with Gasteiger partial charge < -0.3 is 19.9 Å². The molecule has 178 valence electrons. The van der Waals surface area contributed by atoms with Crippen molar-refractivity contribution in [3.63, 3.8) is 0 Å². The number of ether oxygens (including phenoxy) is 1. The Morgan fingerprint density at radius 1 is 1.00 bits per heavy atom. The van der Waals surface area contributed by atoms with E-state index in [1.807, 2.05) is 66.4 Å². The summed E-state index contributed by atoms with van der Waals surface area (Å²) in [5.74, 6) is 2.83. The molecule has 0 bridgehead atoms. The van der Waals surface area contributed by atoms with Gasteiger partial charge in [0.25, 0.3) is 0 Å². The number of nitrogens with zero attached hydrogens (tertiary/aromatic N) is 4. The van der Waals surface area contributed by atoms with Gasteiger partial charge in [-0.15, -0.1) is 0 Å². The number of rotatable bonds is 6. The van der Waals surface area contributed by atoms with Crippen LogP contribution in [0.1, 0.15) is 37.9 Å². The Labute approximate surface area is 201 Å². The molecule has 1 saturated heterocycles. The number of nitrogens with one attached hydrogen (secondary N) is 1. The van der Waals surface area contributed by atoms with Gasteiger partial charge in [-0.3, -0.25) is 0 Å². The number of aryl methyl sites for hydroxylation is 1. The monoisotopic (exact) mass is 459 g/mol. The Bertz CT molecular complexity index is 1110. The number of hydrogen-bond donors (Lipinski definition) is 1. The summed E-state index contributed by atoms with van der Waals surface area (Å²) in [5, 5.41) is 2.99. The number of piperazine rings is 1. The summed E-state index contributed by atoms with van der Waals surface area (Å²) in [4.78, 5) is 26.8. The first-order valence-electron chi connectivity index (χ1n) is 11.9. The van der Waals surface area contributed by atoms with E-state index in [-0.39, 0.29) is 6.03 Å². The van der Waals surface area contributed by atoms with E-state index in [9.17, 15) is 4.79 Å². The van der Waals surface area contributed by atoms with Crippen molar-refractivity contribution in [3.8, 4) is 17.1 Å². The molecule has 0 atom stereocenters. The number of benzene rings is 2. The highest BCUT2D eigenvalue weighted by Gasteiger charge is 2.26. The minimum atomic E-state index is -0.0864. The molecule has 1 aromatic heterocycles. The third-order valence-electron chi connectivity index (χ3n) is 6.01. The quantitative estimate of drug-likeness (QED) is 0.540. The van der Waals surface area contributed by atoms with E-state index in [2.05, 4.69) is 31.0 Å². The molecule has 7 nitrogen and oxygen atoms in total. The molecular formula is C27H33N5O2. The van der Waals surface area contributed by atoms with Crippen molar-refractivity contribution in [1.29, 1.82) is 0 Å². The second kappa shape index (κ2) is 10.5. The molecule has 4 rings (SSSR count). The van der Waals surface area contributed by atoms with Gasteiger partial charge >= 0.3 is 6.03 Å². The number of amides is 2. The zero-order valence-corrected chi connectivity index (χ0v) is 20.4. The first-order chi connectivity index (χ1) is 16.5. The van der Waals surface area contributed by atoms with Crippen molar-refractivity contribution in [2.45, 2.75) is 33.6 Å². The van der Waals surface area contributed by atoms with Crippen molar-refractivity contribution in [1.82, 2.24) is 14.9 Å². The van der Waals surface area contributed by atoms with Crippen LogP contribution in [0.15, 0.2) is 54.6 Å². The number of carbonyl (C=O) groups is 1. The fraction of sp³-hybridized carbons (Fsp3) is 0.370. The first-order valence-corrected chi connectivity index (χ1v) is 11.9. The van der Waals surface area contributed by atoms with Crippen molar-refractivity contribution in [2.24, 2.45) is 0 Å². The van der Waals surface area contributed by atoms with Crippen LogP contribution in [0.4, 0.5) is 16.3 Å². The molecule has 2 aromatic carbocycles. The van der Waals surface area contributed by atoms with E-state index in [0.29, 0.717) is 25.6 Å². The van der Waals surface area contributed by atoms with Gasteiger partial charge in [0.15, 0.2) is 5.82 Å². The van der Waals surface area contributed by atoms with E-state index in [1.54, 1.807) is 0 Å². The SMILES string of the molecule is CCOc1ccc(NC(=O)N2CCN(c3nc(-c4ccccc4)nc(C)c3C(C)C)CC2)cc1. The van der Waals surface area contributed by atoms with E-state index in [0.717, 1.165) is 47.4 Å². The molecule has 1 aliphatic heterocycles. The Morgan fingerprint density at radius 2 is 1.68 bits per heavy atom. The van der Waals surface area contributed by atoms with E-state index < -0.39 is 0 Å². The largest absolute Gasteiger partial charge is 0.494 e. The molecule has 3 aromatic rings. The van der Waals surface area contributed by atoms with Gasteiger partial charge in [-0.05, 0) is 44.0 Å². The molecule has 1 fully saturated rings. The van der Waals surface area contributed by atoms with Gasteiger partial charge in [-0.1, -0.05) is 44.2 Å². The van der Waals surface area contributed by atoms with Crippen LogP contribution in [0.3, 0.4) is 0 Å². The highest BCUT2D eigenvalue weighted by molar-refractivity contribution is 5.89. The molecule has 7 heteroatoms.